The van der Waals surface area contributed by atoms with Gasteiger partial charge in [-0.2, -0.15) is 5.26 Å². The van der Waals surface area contributed by atoms with E-state index < -0.39 is 0 Å². The van der Waals surface area contributed by atoms with Gasteiger partial charge in [0, 0.05) is 18.1 Å². The van der Waals surface area contributed by atoms with Gasteiger partial charge in [0.1, 0.15) is 0 Å². The summed E-state index contributed by atoms with van der Waals surface area (Å²) in [5, 5.41) is 12.5. The summed E-state index contributed by atoms with van der Waals surface area (Å²) in [6.07, 6.45) is 0. The van der Waals surface area contributed by atoms with Crippen LogP contribution in [0.15, 0.2) is 18.2 Å². The number of ether oxygens (including phenoxy) is 1. The highest BCUT2D eigenvalue weighted by Gasteiger charge is 2.32. The van der Waals surface area contributed by atoms with E-state index >= 15 is 0 Å². The van der Waals surface area contributed by atoms with E-state index in [2.05, 4.69) is 18.3 Å². The number of halogens is 1. The van der Waals surface area contributed by atoms with Crippen LogP contribution in [-0.4, -0.2) is 18.7 Å². The standard InChI is InChI=1S/C12H13ClN2O/c1-12(7-15-8-12)16-6-10-3-2-9(5-14)4-11(10)13/h2-4,15H,6-8H2,1H3. The van der Waals surface area contributed by atoms with E-state index in [9.17, 15) is 0 Å². The quantitative estimate of drug-likeness (QED) is 0.874. The normalized spacial score (nSPS) is 17.6. The smallest absolute Gasteiger partial charge is 0.0992 e. The molecule has 2 rings (SSSR count). The van der Waals surface area contributed by atoms with Crippen molar-refractivity contribution in [3.05, 3.63) is 34.3 Å². The number of nitriles is 1. The van der Waals surface area contributed by atoms with E-state index in [0.29, 0.717) is 17.2 Å². The monoisotopic (exact) mass is 236 g/mol. The maximum Gasteiger partial charge on any atom is 0.0992 e. The Balaban J connectivity index is 2.02. The second-order valence-corrected chi connectivity index (χ2v) is 4.67. The second-order valence-electron chi connectivity index (χ2n) is 4.26. The lowest BCUT2D eigenvalue weighted by atomic mass is 10.00. The maximum atomic E-state index is 8.71. The Kier molecular flexibility index (Phi) is 3.15. The average molecular weight is 237 g/mol. The number of benzene rings is 1. The predicted molar refractivity (Wildman–Crippen MR) is 62.2 cm³/mol. The summed E-state index contributed by atoms with van der Waals surface area (Å²) in [6.45, 7) is 4.31. The van der Waals surface area contributed by atoms with Gasteiger partial charge in [0.15, 0.2) is 0 Å². The maximum absolute atomic E-state index is 8.71. The molecule has 0 aromatic heterocycles. The van der Waals surface area contributed by atoms with Crippen molar-refractivity contribution in [1.29, 1.82) is 5.26 Å². The van der Waals surface area contributed by atoms with Gasteiger partial charge in [0.2, 0.25) is 0 Å². The van der Waals surface area contributed by atoms with Crippen LogP contribution >= 0.6 is 11.6 Å². The summed E-state index contributed by atoms with van der Waals surface area (Å²) in [7, 11) is 0. The van der Waals surface area contributed by atoms with Gasteiger partial charge in [-0.25, -0.2) is 0 Å². The van der Waals surface area contributed by atoms with Gasteiger partial charge < -0.3 is 10.1 Å². The van der Waals surface area contributed by atoms with Crippen molar-refractivity contribution in [2.45, 2.75) is 19.1 Å². The van der Waals surface area contributed by atoms with Crippen molar-refractivity contribution in [2.24, 2.45) is 0 Å². The number of rotatable bonds is 3. The highest BCUT2D eigenvalue weighted by Crippen LogP contribution is 2.22. The van der Waals surface area contributed by atoms with Crippen molar-refractivity contribution in [3.63, 3.8) is 0 Å². The van der Waals surface area contributed by atoms with E-state index in [4.69, 9.17) is 21.6 Å². The molecule has 0 bridgehead atoms. The van der Waals surface area contributed by atoms with E-state index in [1.807, 2.05) is 6.07 Å². The summed E-state index contributed by atoms with van der Waals surface area (Å²) in [6, 6.07) is 7.32. The molecule has 1 aromatic carbocycles. The number of nitrogens with zero attached hydrogens (tertiary/aromatic N) is 1. The first-order valence-corrected chi connectivity index (χ1v) is 5.54. The molecule has 0 radical (unpaired) electrons. The zero-order valence-corrected chi connectivity index (χ0v) is 9.84. The Hall–Kier alpha value is -1.08. The van der Waals surface area contributed by atoms with E-state index in [-0.39, 0.29) is 5.60 Å². The fraction of sp³-hybridized carbons (Fsp3) is 0.417. The highest BCUT2D eigenvalue weighted by molar-refractivity contribution is 6.31. The second kappa shape index (κ2) is 4.42. The molecule has 1 N–H and O–H groups in total. The van der Waals surface area contributed by atoms with Gasteiger partial charge in [-0.1, -0.05) is 17.7 Å². The van der Waals surface area contributed by atoms with Crippen LogP contribution in [0.2, 0.25) is 5.02 Å². The van der Waals surface area contributed by atoms with Crippen LogP contribution in [0.3, 0.4) is 0 Å². The lowest BCUT2D eigenvalue weighted by Crippen LogP contribution is -2.58. The van der Waals surface area contributed by atoms with Crippen LogP contribution in [0.1, 0.15) is 18.1 Å². The molecule has 16 heavy (non-hydrogen) atoms. The lowest BCUT2D eigenvalue weighted by Gasteiger charge is -2.39. The number of nitrogens with one attached hydrogen (secondary N) is 1. The van der Waals surface area contributed by atoms with Gasteiger partial charge in [-0.05, 0) is 24.6 Å². The molecule has 3 nitrogen and oxygen atoms in total. The molecule has 1 aliphatic heterocycles. The molecule has 0 aliphatic carbocycles. The van der Waals surface area contributed by atoms with Crippen LogP contribution in [0, 0.1) is 11.3 Å². The van der Waals surface area contributed by atoms with Crippen molar-refractivity contribution in [1.82, 2.24) is 5.32 Å². The van der Waals surface area contributed by atoms with Crippen molar-refractivity contribution < 1.29 is 4.74 Å². The van der Waals surface area contributed by atoms with Gasteiger partial charge in [-0.3, -0.25) is 0 Å². The third-order valence-electron chi connectivity index (χ3n) is 2.76. The van der Waals surface area contributed by atoms with Crippen molar-refractivity contribution >= 4 is 11.6 Å². The zero-order chi connectivity index (χ0) is 11.6. The Morgan fingerprint density at radius 2 is 2.31 bits per heavy atom. The van der Waals surface area contributed by atoms with Crippen LogP contribution in [0.4, 0.5) is 0 Å². The summed E-state index contributed by atoms with van der Waals surface area (Å²) in [5.74, 6) is 0. The molecular weight excluding hydrogens is 224 g/mol. The lowest BCUT2D eigenvalue weighted by molar-refractivity contribution is -0.0767. The molecule has 1 aliphatic rings. The molecule has 0 saturated carbocycles. The zero-order valence-electron chi connectivity index (χ0n) is 9.09. The molecule has 1 heterocycles. The highest BCUT2D eigenvalue weighted by atomic mass is 35.5. The van der Waals surface area contributed by atoms with Crippen molar-refractivity contribution in [3.8, 4) is 6.07 Å². The Bertz CT molecular complexity index is 435. The van der Waals surface area contributed by atoms with Gasteiger partial charge in [0.05, 0.1) is 23.8 Å². The van der Waals surface area contributed by atoms with E-state index in [1.54, 1.807) is 12.1 Å². The van der Waals surface area contributed by atoms with Gasteiger partial charge >= 0.3 is 0 Å². The third kappa shape index (κ3) is 2.35. The van der Waals surface area contributed by atoms with Crippen LogP contribution in [-0.2, 0) is 11.3 Å². The number of hydrogen-bond donors (Lipinski definition) is 1. The minimum absolute atomic E-state index is 0.0722. The molecule has 0 amide bonds. The fourth-order valence-electron chi connectivity index (χ4n) is 1.57. The first kappa shape index (κ1) is 11.4. The summed E-state index contributed by atoms with van der Waals surface area (Å²) in [4.78, 5) is 0. The van der Waals surface area contributed by atoms with Crippen LogP contribution in [0.25, 0.3) is 0 Å². The summed E-state index contributed by atoms with van der Waals surface area (Å²) in [5.41, 5.74) is 1.43. The first-order chi connectivity index (χ1) is 7.63. The topological polar surface area (TPSA) is 45.0 Å². The summed E-state index contributed by atoms with van der Waals surface area (Å²) >= 11 is 6.05. The Morgan fingerprint density at radius 1 is 1.56 bits per heavy atom. The number of hydrogen-bond acceptors (Lipinski definition) is 3. The van der Waals surface area contributed by atoms with Gasteiger partial charge in [-0.15, -0.1) is 0 Å². The Morgan fingerprint density at radius 3 is 2.81 bits per heavy atom. The molecule has 0 unspecified atom stereocenters. The fourth-order valence-corrected chi connectivity index (χ4v) is 1.80. The minimum atomic E-state index is -0.0722. The van der Waals surface area contributed by atoms with Crippen LogP contribution in [0.5, 0.6) is 0 Å². The Labute approximate surface area is 100.0 Å². The first-order valence-electron chi connectivity index (χ1n) is 5.16. The molecule has 1 aromatic rings. The minimum Gasteiger partial charge on any atom is -0.368 e. The van der Waals surface area contributed by atoms with E-state index in [1.165, 1.54) is 0 Å². The molecule has 0 atom stereocenters. The molecule has 0 spiro atoms. The molecule has 4 heteroatoms. The predicted octanol–water partition coefficient (Wildman–Crippen LogP) is 2.09. The molecule has 1 saturated heterocycles. The molecule has 84 valence electrons. The van der Waals surface area contributed by atoms with E-state index in [0.717, 1.165) is 18.7 Å². The largest absolute Gasteiger partial charge is 0.368 e. The summed E-state index contributed by atoms with van der Waals surface area (Å²) < 4.78 is 5.78. The molecule has 1 fully saturated rings. The average Bonchev–Trinajstić information content (AvgIpc) is 2.25. The van der Waals surface area contributed by atoms with Crippen molar-refractivity contribution in [2.75, 3.05) is 13.1 Å². The van der Waals surface area contributed by atoms with Gasteiger partial charge in [0.25, 0.3) is 0 Å². The van der Waals surface area contributed by atoms with Crippen LogP contribution < -0.4 is 5.32 Å². The SMILES string of the molecule is CC1(OCc2ccc(C#N)cc2Cl)CNC1. The third-order valence-corrected chi connectivity index (χ3v) is 3.11. The molecular formula is C12H13ClN2O.